The number of alkyl halides is 2. The van der Waals surface area contributed by atoms with Crippen molar-refractivity contribution in [3.8, 4) is 0 Å². The van der Waals surface area contributed by atoms with Crippen LogP contribution < -0.4 is 0 Å². The van der Waals surface area contributed by atoms with Crippen LogP contribution in [0.4, 0.5) is 0 Å². The van der Waals surface area contributed by atoms with Crippen molar-refractivity contribution in [2.75, 3.05) is 0 Å². The van der Waals surface area contributed by atoms with Gasteiger partial charge in [-0.1, -0.05) is 29.3 Å². The lowest BCUT2D eigenvalue weighted by molar-refractivity contribution is -0.142. The molecule has 0 fully saturated rings. The van der Waals surface area contributed by atoms with Crippen LogP contribution in [0.3, 0.4) is 0 Å². The number of allylic oxidation sites excluding steroid dienone is 2. The Bertz CT molecular complexity index is 290. The molecule has 14 heavy (non-hydrogen) atoms. The van der Waals surface area contributed by atoms with E-state index in [0.29, 0.717) is 12.0 Å². The highest BCUT2D eigenvalue weighted by atomic mass is 35.5. The average Bonchev–Trinajstić information content (AvgIpc) is 2.02. The summed E-state index contributed by atoms with van der Waals surface area (Å²) >= 11 is 11.7. The monoisotopic (exact) mass is 234 g/mol. The summed E-state index contributed by atoms with van der Waals surface area (Å²) in [5.41, 5.74) is 0.510. The Morgan fingerprint density at radius 2 is 2.21 bits per heavy atom. The third kappa shape index (κ3) is 3.35. The minimum atomic E-state index is -0.887. The summed E-state index contributed by atoms with van der Waals surface area (Å²) in [5, 5.41) is 0. The summed E-state index contributed by atoms with van der Waals surface area (Å²) in [7, 11) is 0. The van der Waals surface area contributed by atoms with Crippen molar-refractivity contribution >= 4 is 29.2 Å². The molecule has 2 nitrogen and oxygen atoms in total. The second-order valence-electron chi connectivity index (χ2n) is 3.41. The third-order valence-electron chi connectivity index (χ3n) is 1.68. The van der Waals surface area contributed by atoms with E-state index in [9.17, 15) is 4.79 Å². The van der Waals surface area contributed by atoms with Crippen molar-refractivity contribution in [1.29, 1.82) is 0 Å². The predicted octanol–water partition coefficient (Wildman–Crippen LogP) is 3.00. The van der Waals surface area contributed by atoms with Crippen molar-refractivity contribution in [2.24, 2.45) is 0 Å². The zero-order valence-corrected chi connectivity index (χ0v) is 9.60. The van der Waals surface area contributed by atoms with E-state index in [1.54, 1.807) is 32.1 Å². The molecule has 0 heterocycles. The number of carbonyl (C=O) groups is 1. The maximum absolute atomic E-state index is 11.4. The maximum Gasteiger partial charge on any atom is 0.338 e. The van der Waals surface area contributed by atoms with Gasteiger partial charge in [0.15, 0.2) is 0 Å². The lowest BCUT2D eigenvalue weighted by atomic mass is 10.1. The third-order valence-corrected chi connectivity index (χ3v) is 2.24. The Morgan fingerprint density at radius 1 is 1.57 bits per heavy atom. The number of ether oxygens (including phenoxy) is 1. The Labute approximate surface area is 93.5 Å². The van der Waals surface area contributed by atoms with Crippen LogP contribution in [0.1, 0.15) is 20.3 Å². The van der Waals surface area contributed by atoms with Crippen LogP contribution in [0.25, 0.3) is 0 Å². The van der Waals surface area contributed by atoms with Crippen LogP contribution in [0.2, 0.25) is 0 Å². The Balaban J connectivity index is 2.61. The Morgan fingerprint density at radius 3 is 2.64 bits per heavy atom. The van der Waals surface area contributed by atoms with Crippen LogP contribution in [-0.2, 0) is 9.53 Å². The molecule has 0 amide bonds. The highest BCUT2D eigenvalue weighted by Gasteiger charge is 2.24. The van der Waals surface area contributed by atoms with Crippen molar-refractivity contribution < 1.29 is 9.53 Å². The Hall–Kier alpha value is -0.470. The molecule has 0 aromatic heterocycles. The van der Waals surface area contributed by atoms with Gasteiger partial charge >= 0.3 is 5.97 Å². The standard InChI is InChI=1S/C10H12Cl2O2/c1-7(2)14-9(13)8-3-5-10(11,12)6-4-8/h3-5,7H,6H2,1-2H3. The van der Waals surface area contributed by atoms with Gasteiger partial charge in [0.2, 0.25) is 0 Å². The molecule has 0 saturated carbocycles. The summed E-state index contributed by atoms with van der Waals surface area (Å²) < 4.78 is 4.13. The normalized spacial score (nSPS) is 19.4. The second-order valence-corrected chi connectivity index (χ2v) is 4.95. The van der Waals surface area contributed by atoms with Crippen LogP contribution in [0, 0.1) is 0 Å². The van der Waals surface area contributed by atoms with E-state index in [4.69, 9.17) is 27.9 Å². The van der Waals surface area contributed by atoms with Crippen molar-refractivity contribution in [2.45, 2.75) is 30.7 Å². The van der Waals surface area contributed by atoms with Gasteiger partial charge in [0, 0.05) is 6.42 Å². The Kier molecular flexibility index (Phi) is 3.62. The summed E-state index contributed by atoms with van der Waals surface area (Å²) in [4.78, 5) is 11.4. The summed E-state index contributed by atoms with van der Waals surface area (Å²) in [5.74, 6) is -0.333. The van der Waals surface area contributed by atoms with E-state index >= 15 is 0 Å². The van der Waals surface area contributed by atoms with E-state index < -0.39 is 4.33 Å². The summed E-state index contributed by atoms with van der Waals surface area (Å²) in [6, 6.07) is 0. The van der Waals surface area contributed by atoms with Gasteiger partial charge < -0.3 is 4.74 Å². The van der Waals surface area contributed by atoms with Crippen LogP contribution >= 0.6 is 23.2 Å². The molecule has 0 bridgehead atoms. The van der Waals surface area contributed by atoms with Gasteiger partial charge in [0.1, 0.15) is 4.33 Å². The molecule has 78 valence electrons. The van der Waals surface area contributed by atoms with E-state index in [1.165, 1.54) is 0 Å². The SMILES string of the molecule is CC(C)OC(=O)C1=CCC(Cl)(Cl)C=C1. The number of hydrogen-bond acceptors (Lipinski definition) is 2. The van der Waals surface area contributed by atoms with E-state index in [0.717, 1.165) is 0 Å². The minimum Gasteiger partial charge on any atom is -0.459 e. The van der Waals surface area contributed by atoms with Crippen LogP contribution in [0.5, 0.6) is 0 Å². The first kappa shape index (κ1) is 11.6. The predicted molar refractivity (Wildman–Crippen MR) is 57.5 cm³/mol. The van der Waals surface area contributed by atoms with Gasteiger partial charge in [-0.05, 0) is 26.0 Å². The molecule has 1 rings (SSSR count). The summed E-state index contributed by atoms with van der Waals surface area (Å²) in [6.45, 7) is 3.61. The first-order valence-corrected chi connectivity index (χ1v) is 5.14. The van der Waals surface area contributed by atoms with Crippen molar-refractivity contribution in [3.63, 3.8) is 0 Å². The minimum absolute atomic E-state index is 0.115. The van der Waals surface area contributed by atoms with Gasteiger partial charge in [0.05, 0.1) is 11.7 Å². The number of hydrogen-bond donors (Lipinski definition) is 0. The largest absolute Gasteiger partial charge is 0.459 e. The first-order chi connectivity index (χ1) is 6.41. The van der Waals surface area contributed by atoms with Crippen LogP contribution in [-0.4, -0.2) is 16.4 Å². The van der Waals surface area contributed by atoms with E-state index in [1.807, 2.05) is 0 Å². The molecule has 0 spiro atoms. The van der Waals surface area contributed by atoms with Gasteiger partial charge in [-0.2, -0.15) is 0 Å². The number of halogens is 2. The highest BCUT2D eigenvalue weighted by molar-refractivity contribution is 6.50. The molecular formula is C10H12Cl2O2. The average molecular weight is 235 g/mol. The molecule has 0 aromatic carbocycles. The fourth-order valence-corrected chi connectivity index (χ4v) is 1.31. The second kappa shape index (κ2) is 4.37. The fourth-order valence-electron chi connectivity index (χ4n) is 1.03. The molecular weight excluding hydrogens is 223 g/mol. The van der Waals surface area contributed by atoms with Crippen molar-refractivity contribution in [1.82, 2.24) is 0 Å². The topological polar surface area (TPSA) is 26.3 Å². The molecule has 1 aliphatic carbocycles. The molecule has 0 unspecified atom stereocenters. The molecule has 0 radical (unpaired) electrons. The van der Waals surface area contributed by atoms with E-state index in [2.05, 4.69) is 0 Å². The number of rotatable bonds is 2. The summed E-state index contributed by atoms with van der Waals surface area (Å²) in [6.07, 6.45) is 5.18. The molecule has 1 aliphatic rings. The lowest BCUT2D eigenvalue weighted by Gasteiger charge is -2.17. The van der Waals surface area contributed by atoms with Gasteiger partial charge in [0.25, 0.3) is 0 Å². The molecule has 4 heteroatoms. The maximum atomic E-state index is 11.4. The lowest BCUT2D eigenvalue weighted by Crippen LogP contribution is -2.17. The van der Waals surface area contributed by atoms with Gasteiger partial charge in [-0.3, -0.25) is 0 Å². The first-order valence-electron chi connectivity index (χ1n) is 4.39. The van der Waals surface area contributed by atoms with Gasteiger partial charge in [-0.15, -0.1) is 0 Å². The van der Waals surface area contributed by atoms with Gasteiger partial charge in [-0.25, -0.2) is 4.79 Å². The molecule has 0 aromatic rings. The fraction of sp³-hybridized carbons (Fsp3) is 0.500. The van der Waals surface area contributed by atoms with Crippen molar-refractivity contribution in [3.05, 3.63) is 23.8 Å². The molecule has 0 N–H and O–H groups in total. The number of esters is 1. The van der Waals surface area contributed by atoms with Crippen LogP contribution in [0.15, 0.2) is 23.8 Å². The highest BCUT2D eigenvalue weighted by Crippen LogP contribution is 2.31. The quantitative estimate of drug-likeness (QED) is 0.543. The molecule has 0 saturated heterocycles. The van der Waals surface area contributed by atoms with E-state index in [-0.39, 0.29) is 12.1 Å². The molecule has 0 aliphatic heterocycles. The zero-order valence-electron chi connectivity index (χ0n) is 8.09. The zero-order chi connectivity index (χ0) is 10.8. The smallest absolute Gasteiger partial charge is 0.338 e. The molecule has 0 atom stereocenters. The number of carbonyl (C=O) groups excluding carboxylic acids is 1.